The van der Waals surface area contributed by atoms with Crippen molar-refractivity contribution in [1.29, 1.82) is 0 Å². The number of benzene rings is 1. The first-order chi connectivity index (χ1) is 14.5. The fraction of sp³-hybridized carbons (Fsp3) is 0.238. The average Bonchev–Trinajstić information content (AvgIpc) is 3.22. The summed E-state index contributed by atoms with van der Waals surface area (Å²) in [5.41, 5.74) is 2.05. The van der Waals surface area contributed by atoms with Crippen LogP contribution in [0.3, 0.4) is 0 Å². The third-order valence-electron chi connectivity index (χ3n) is 5.22. The predicted molar refractivity (Wildman–Crippen MR) is 106 cm³/mol. The number of nitrogens with one attached hydrogen (secondary N) is 1. The minimum Gasteiger partial charge on any atom is -0.466 e. The highest BCUT2D eigenvalue weighted by Gasteiger charge is 2.47. The molecule has 4 aromatic rings. The Morgan fingerprint density at radius 1 is 1.20 bits per heavy atom. The molecule has 0 aliphatic carbocycles. The predicted octanol–water partition coefficient (Wildman–Crippen LogP) is 3.43. The van der Waals surface area contributed by atoms with Gasteiger partial charge in [-0.25, -0.2) is 23.7 Å². The van der Waals surface area contributed by atoms with Crippen LogP contribution in [0.5, 0.6) is 5.88 Å². The quantitative estimate of drug-likeness (QED) is 0.560. The van der Waals surface area contributed by atoms with Gasteiger partial charge in [0, 0.05) is 30.6 Å². The molecule has 7 nitrogen and oxygen atoms in total. The van der Waals surface area contributed by atoms with E-state index >= 15 is 0 Å². The summed E-state index contributed by atoms with van der Waals surface area (Å²) in [6.45, 7) is -0.320. The maximum Gasteiger partial charge on any atom is 0.287 e. The van der Waals surface area contributed by atoms with Gasteiger partial charge in [0.1, 0.15) is 0 Å². The number of carbonyl (C=O) groups is 1. The molecule has 9 heteroatoms. The van der Waals surface area contributed by atoms with E-state index in [4.69, 9.17) is 4.74 Å². The van der Waals surface area contributed by atoms with Crippen molar-refractivity contribution >= 4 is 28.0 Å². The summed E-state index contributed by atoms with van der Waals surface area (Å²) in [7, 11) is 0. The zero-order valence-electron chi connectivity index (χ0n) is 15.8. The number of aromatic nitrogens is 4. The molecule has 0 radical (unpaired) electrons. The maximum absolute atomic E-state index is 14.6. The van der Waals surface area contributed by atoms with Gasteiger partial charge in [0.05, 0.1) is 29.5 Å². The van der Waals surface area contributed by atoms with Crippen molar-refractivity contribution in [2.45, 2.75) is 18.4 Å². The molecule has 1 aliphatic heterocycles. The van der Waals surface area contributed by atoms with Crippen molar-refractivity contribution in [3.05, 3.63) is 60.6 Å². The highest BCUT2D eigenvalue weighted by atomic mass is 19.3. The largest absolute Gasteiger partial charge is 0.466 e. The number of pyridine rings is 2. The fourth-order valence-corrected chi connectivity index (χ4v) is 3.57. The summed E-state index contributed by atoms with van der Waals surface area (Å²) < 4.78 is 34.7. The van der Waals surface area contributed by atoms with Crippen LogP contribution in [-0.4, -0.2) is 55.9 Å². The summed E-state index contributed by atoms with van der Waals surface area (Å²) in [5.74, 6) is -3.35. The van der Waals surface area contributed by atoms with Crippen molar-refractivity contribution in [3.8, 4) is 5.88 Å². The molecule has 1 aromatic carbocycles. The molecule has 1 amide bonds. The number of ether oxygens (including phenoxy) is 1. The lowest BCUT2D eigenvalue weighted by Gasteiger charge is -2.37. The molecular formula is C21H17F2N5O2. The van der Waals surface area contributed by atoms with Gasteiger partial charge in [-0.05, 0) is 18.2 Å². The van der Waals surface area contributed by atoms with Crippen LogP contribution in [-0.2, 0) is 0 Å². The second kappa shape index (κ2) is 7.01. The Morgan fingerprint density at radius 2 is 2.07 bits per heavy atom. The molecule has 1 saturated heterocycles. The van der Waals surface area contributed by atoms with E-state index < -0.39 is 18.4 Å². The lowest BCUT2D eigenvalue weighted by molar-refractivity contribution is -0.131. The number of H-pyrrole nitrogens is 1. The second-order valence-electron chi connectivity index (χ2n) is 7.21. The van der Waals surface area contributed by atoms with E-state index in [9.17, 15) is 13.6 Å². The Bertz CT molecular complexity index is 1240. The topological polar surface area (TPSA) is 84.0 Å². The van der Waals surface area contributed by atoms with Gasteiger partial charge >= 0.3 is 0 Å². The van der Waals surface area contributed by atoms with E-state index in [2.05, 4.69) is 19.9 Å². The van der Waals surface area contributed by atoms with Crippen LogP contribution in [0.4, 0.5) is 8.78 Å². The number of piperidine rings is 1. The normalized spacial score (nSPS) is 18.6. The third-order valence-corrected chi connectivity index (χ3v) is 5.22. The Hall–Kier alpha value is -3.62. The fourth-order valence-electron chi connectivity index (χ4n) is 3.57. The Kier molecular flexibility index (Phi) is 4.30. The van der Waals surface area contributed by atoms with Gasteiger partial charge < -0.3 is 14.6 Å². The molecule has 1 aliphatic rings. The lowest BCUT2D eigenvalue weighted by atomic mass is 10.0. The molecule has 1 atom stereocenters. The number of fused-ring (bicyclic) bond motifs is 2. The van der Waals surface area contributed by atoms with Gasteiger partial charge in [-0.2, -0.15) is 0 Å². The molecule has 0 bridgehead atoms. The number of rotatable bonds is 3. The number of nitrogens with zero attached hydrogens (tertiary/aromatic N) is 4. The summed E-state index contributed by atoms with van der Waals surface area (Å²) in [6.07, 6.45) is 0.900. The first-order valence-electron chi connectivity index (χ1n) is 9.48. The first kappa shape index (κ1) is 18.4. The van der Waals surface area contributed by atoms with E-state index in [1.807, 2.05) is 18.2 Å². The molecule has 152 valence electrons. The van der Waals surface area contributed by atoms with Crippen molar-refractivity contribution in [2.75, 3.05) is 13.1 Å². The van der Waals surface area contributed by atoms with E-state index in [1.54, 1.807) is 24.3 Å². The Balaban J connectivity index is 1.37. The molecule has 5 rings (SSSR count). The highest BCUT2D eigenvalue weighted by molar-refractivity contribution is 5.96. The van der Waals surface area contributed by atoms with Gasteiger partial charge in [-0.3, -0.25) is 4.79 Å². The van der Waals surface area contributed by atoms with Crippen molar-refractivity contribution in [1.82, 2.24) is 24.8 Å². The highest BCUT2D eigenvalue weighted by Crippen LogP contribution is 2.32. The van der Waals surface area contributed by atoms with E-state index in [-0.39, 0.29) is 24.9 Å². The standard InChI is InChI=1S/C21H17F2N5O2/c22-21(23)7-8-28(20(29)14-9-16-19(24-10-14)26-12-25-16)11-17(21)30-18-6-5-13-3-1-2-4-15(13)27-18/h1-6,9-10,12,17H,7-8,11H2,(H,24,25,26)/t17-/m0/s1. The van der Waals surface area contributed by atoms with Gasteiger partial charge in [-0.1, -0.05) is 18.2 Å². The summed E-state index contributed by atoms with van der Waals surface area (Å²) in [5, 5.41) is 0.888. The van der Waals surface area contributed by atoms with Crippen molar-refractivity contribution < 1.29 is 18.3 Å². The molecule has 0 unspecified atom stereocenters. The summed E-state index contributed by atoms with van der Waals surface area (Å²) in [6, 6.07) is 12.3. The van der Waals surface area contributed by atoms with Crippen molar-refractivity contribution in [3.63, 3.8) is 0 Å². The van der Waals surface area contributed by atoms with Crippen LogP contribution in [0, 0.1) is 0 Å². The SMILES string of the molecule is O=C(c1cnc2nc[nH]c2c1)N1CCC(F)(F)[C@@H](Oc2ccc3ccccc3n2)C1. The number of hydrogen-bond acceptors (Lipinski definition) is 5. The number of alkyl halides is 2. The van der Waals surface area contributed by atoms with Crippen LogP contribution in [0.15, 0.2) is 55.0 Å². The van der Waals surface area contributed by atoms with Crippen LogP contribution >= 0.6 is 0 Å². The number of imidazole rings is 1. The summed E-state index contributed by atoms with van der Waals surface area (Å²) >= 11 is 0. The number of hydrogen-bond donors (Lipinski definition) is 1. The van der Waals surface area contributed by atoms with Gasteiger partial charge in [0.25, 0.3) is 11.8 Å². The van der Waals surface area contributed by atoms with Crippen LogP contribution < -0.4 is 4.74 Å². The third kappa shape index (κ3) is 3.32. The van der Waals surface area contributed by atoms with E-state index in [0.29, 0.717) is 22.2 Å². The zero-order chi connectivity index (χ0) is 20.7. The molecule has 0 saturated carbocycles. The van der Waals surface area contributed by atoms with E-state index in [1.165, 1.54) is 17.4 Å². The molecular weight excluding hydrogens is 392 g/mol. The number of amides is 1. The molecule has 3 aromatic heterocycles. The minimum atomic E-state index is -3.07. The zero-order valence-corrected chi connectivity index (χ0v) is 15.8. The molecule has 1 fully saturated rings. The summed E-state index contributed by atoms with van der Waals surface area (Å²) in [4.78, 5) is 29.6. The monoisotopic (exact) mass is 409 g/mol. The van der Waals surface area contributed by atoms with Crippen LogP contribution in [0.25, 0.3) is 22.1 Å². The average molecular weight is 409 g/mol. The smallest absolute Gasteiger partial charge is 0.287 e. The first-order valence-corrected chi connectivity index (χ1v) is 9.48. The number of aromatic amines is 1. The molecule has 30 heavy (non-hydrogen) atoms. The van der Waals surface area contributed by atoms with Crippen molar-refractivity contribution in [2.24, 2.45) is 0 Å². The number of carbonyl (C=O) groups excluding carboxylic acids is 1. The Labute approximate surface area is 169 Å². The Morgan fingerprint density at radius 3 is 2.97 bits per heavy atom. The minimum absolute atomic E-state index is 0.0716. The van der Waals surface area contributed by atoms with Crippen LogP contribution in [0.2, 0.25) is 0 Å². The number of likely N-dealkylation sites (tertiary alicyclic amines) is 1. The molecule has 0 spiro atoms. The lowest BCUT2D eigenvalue weighted by Crippen LogP contribution is -2.55. The van der Waals surface area contributed by atoms with Gasteiger partial charge in [-0.15, -0.1) is 0 Å². The van der Waals surface area contributed by atoms with E-state index in [0.717, 1.165) is 5.39 Å². The second-order valence-corrected chi connectivity index (χ2v) is 7.21. The molecule has 1 N–H and O–H groups in total. The maximum atomic E-state index is 14.6. The molecule has 4 heterocycles. The van der Waals surface area contributed by atoms with Crippen LogP contribution in [0.1, 0.15) is 16.8 Å². The number of halogens is 2. The van der Waals surface area contributed by atoms with Gasteiger partial charge in [0.15, 0.2) is 11.8 Å². The van der Waals surface area contributed by atoms with Gasteiger partial charge in [0.2, 0.25) is 5.88 Å². The number of para-hydroxylation sites is 1.